The van der Waals surface area contributed by atoms with Gasteiger partial charge in [-0.1, -0.05) is 25.3 Å². The van der Waals surface area contributed by atoms with Crippen molar-refractivity contribution in [1.29, 1.82) is 0 Å². The van der Waals surface area contributed by atoms with Crippen LogP contribution >= 0.6 is 0 Å². The van der Waals surface area contributed by atoms with Crippen molar-refractivity contribution in [3.05, 3.63) is 29.5 Å². The molecule has 0 aliphatic heterocycles. The fourth-order valence-corrected chi connectivity index (χ4v) is 3.81. The standard InChI is InChI=1S/C21H27N3O4/c1-12(23-20(25)14-7-4-3-5-8-14)11-28-16-10-6-9-15-18(16)19(22)17(21(26)27)13(2)24-15/h6,9-10,12,14H,3-5,7-8,11H2,1-2H3,(H2,22,24)(H,23,25)(H,26,27)/t12-/m1/s1. The molecule has 0 radical (unpaired) electrons. The van der Waals surface area contributed by atoms with E-state index in [2.05, 4.69) is 10.3 Å². The number of nitrogens with two attached hydrogens (primary N) is 1. The number of anilines is 1. The number of hydrogen-bond donors (Lipinski definition) is 3. The number of nitrogens with zero attached hydrogens (tertiary/aromatic N) is 1. The fraction of sp³-hybridized carbons (Fsp3) is 0.476. The van der Waals surface area contributed by atoms with Gasteiger partial charge in [0.05, 0.1) is 28.3 Å². The van der Waals surface area contributed by atoms with Crippen LogP contribution in [0.5, 0.6) is 5.75 Å². The number of rotatable bonds is 6. The van der Waals surface area contributed by atoms with Crippen molar-refractivity contribution in [2.45, 2.75) is 52.0 Å². The molecule has 4 N–H and O–H groups in total. The molecule has 0 spiro atoms. The number of aromatic carboxylic acids is 1. The topological polar surface area (TPSA) is 115 Å². The van der Waals surface area contributed by atoms with Crippen LogP contribution in [0.3, 0.4) is 0 Å². The zero-order valence-electron chi connectivity index (χ0n) is 16.3. The highest BCUT2D eigenvalue weighted by Crippen LogP contribution is 2.33. The predicted octanol–water partition coefficient (Wildman–Crippen LogP) is 3.29. The zero-order chi connectivity index (χ0) is 20.3. The van der Waals surface area contributed by atoms with Gasteiger partial charge < -0.3 is 20.9 Å². The number of carbonyl (C=O) groups is 2. The maximum absolute atomic E-state index is 12.4. The van der Waals surface area contributed by atoms with Gasteiger partial charge in [0.2, 0.25) is 5.91 Å². The number of ether oxygens (including phenoxy) is 1. The van der Waals surface area contributed by atoms with Crippen molar-refractivity contribution >= 4 is 28.5 Å². The molecule has 0 bridgehead atoms. The van der Waals surface area contributed by atoms with Gasteiger partial charge in [0, 0.05) is 5.92 Å². The molecule has 1 aromatic carbocycles. The molecular weight excluding hydrogens is 358 g/mol. The molecule has 1 aliphatic rings. The molecule has 0 saturated heterocycles. The molecule has 150 valence electrons. The largest absolute Gasteiger partial charge is 0.491 e. The lowest BCUT2D eigenvalue weighted by molar-refractivity contribution is -0.126. The van der Waals surface area contributed by atoms with Crippen molar-refractivity contribution < 1.29 is 19.4 Å². The molecule has 1 saturated carbocycles. The first kappa shape index (κ1) is 19.9. The third-order valence-corrected chi connectivity index (χ3v) is 5.26. The van der Waals surface area contributed by atoms with Crippen LogP contribution in [-0.4, -0.2) is 34.6 Å². The molecule has 3 rings (SSSR count). The number of hydrogen-bond acceptors (Lipinski definition) is 5. The first-order valence-corrected chi connectivity index (χ1v) is 9.73. The number of carboxylic acid groups (broad SMARTS) is 1. The Labute approximate surface area is 164 Å². The normalized spacial score (nSPS) is 15.9. The number of aryl methyl sites for hydroxylation is 1. The summed E-state index contributed by atoms with van der Waals surface area (Å²) in [5.74, 6) is -0.482. The molecule has 28 heavy (non-hydrogen) atoms. The molecule has 2 aromatic rings. The van der Waals surface area contributed by atoms with E-state index in [1.54, 1.807) is 25.1 Å². The minimum atomic E-state index is -1.12. The summed E-state index contributed by atoms with van der Waals surface area (Å²) >= 11 is 0. The summed E-state index contributed by atoms with van der Waals surface area (Å²) in [6.07, 6.45) is 5.31. The number of carboxylic acids is 1. The summed E-state index contributed by atoms with van der Waals surface area (Å²) in [4.78, 5) is 28.3. The highest BCUT2D eigenvalue weighted by atomic mass is 16.5. The van der Waals surface area contributed by atoms with Crippen LogP contribution in [0, 0.1) is 12.8 Å². The third kappa shape index (κ3) is 4.18. The molecular formula is C21H27N3O4. The van der Waals surface area contributed by atoms with E-state index in [9.17, 15) is 14.7 Å². The number of benzene rings is 1. The van der Waals surface area contributed by atoms with E-state index in [1.165, 1.54) is 6.42 Å². The van der Waals surface area contributed by atoms with E-state index in [0.717, 1.165) is 25.7 Å². The van der Waals surface area contributed by atoms with Crippen molar-refractivity contribution in [2.24, 2.45) is 5.92 Å². The van der Waals surface area contributed by atoms with Gasteiger partial charge in [-0.3, -0.25) is 9.78 Å². The van der Waals surface area contributed by atoms with E-state index >= 15 is 0 Å². The average molecular weight is 385 g/mol. The molecule has 1 atom stereocenters. The summed E-state index contributed by atoms with van der Waals surface area (Å²) in [7, 11) is 0. The molecule has 1 aliphatic carbocycles. The molecule has 1 amide bonds. The van der Waals surface area contributed by atoms with Crippen molar-refractivity contribution in [3.8, 4) is 5.75 Å². The molecule has 7 nitrogen and oxygen atoms in total. The Balaban J connectivity index is 1.74. The number of amides is 1. The zero-order valence-corrected chi connectivity index (χ0v) is 16.3. The maximum atomic E-state index is 12.4. The quantitative estimate of drug-likeness (QED) is 0.703. The predicted molar refractivity (Wildman–Crippen MR) is 108 cm³/mol. The van der Waals surface area contributed by atoms with Crippen molar-refractivity contribution in [2.75, 3.05) is 12.3 Å². The average Bonchev–Trinajstić information content (AvgIpc) is 2.66. The lowest BCUT2D eigenvalue weighted by Crippen LogP contribution is -2.40. The van der Waals surface area contributed by atoms with Crippen molar-refractivity contribution in [1.82, 2.24) is 10.3 Å². The van der Waals surface area contributed by atoms with Crippen LogP contribution in [0.1, 0.15) is 55.1 Å². The monoisotopic (exact) mass is 385 g/mol. The Morgan fingerprint density at radius 3 is 2.71 bits per heavy atom. The van der Waals surface area contributed by atoms with Gasteiger partial charge in [-0.25, -0.2) is 4.79 Å². The Morgan fingerprint density at radius 1 is 1.32 bits per heavy atom. The number of nitrogens with one attached hydrogen (secondary N) is 1. The van der Waals surface area contributed by atoms with Crippen LogP contribution in [0.2, 0.25) is 0 Å². The van der Waals surface area contributed by atoms with Crippen LogP contribution < -0.4 is 15.8 Å². The molecule has 1 aromatic heterocycles. The van der Waals surface area contributed by atoms with Gasteiger partial charge in [0.1, 0.15) is 17.9 Å². The third-order valence-electron chi connectivity index (χ3n) is 5.26. The molecule has 1 fully saturated rings. The first-order valence-electron chi connectivity index (χ1n) is 9.73. The summed E-state index contributed by atoms with van der Waals surface area (Å²) in [5, 5.41) is 12.9. The van der Waals surface area contributed by atoms with Gasteiger partial charge in [0.25, 0.3) is 0 Å². The number of carbonyl (C=O) groups excluding carboxylic acids is 1. The smallest absolute Gasteiger partial charge is 0.339 e. The van der Waals surface area contributed by atoms with E-state index in [0.29, 0.717) is 22.3 Å². The van der Waals surface area contributed by atoms with Gasteiger partial charge in [0.15, 0.2) is 0 Å². The Hall–Kier alpha value is -2.83. The molecule has 7 heteroatoms. The second-order valence-electron chi connectivity index (χ2n) is 7.50. The minimum Gasteiger partial charge on any atom is -0.491 e. The summed E-state index contributed by atoms with van der Waals surface area (Å²) in [6, 6.07) is 5.11. The van der Waals surface area contributed by atoms with Crippen molar-refractivity contribution in [3.63, 3.8) is 0 Å². The van der Waals surface area contributed by atoms with Gasteiger partial charge in [-0.15, -0.1) is 0 Å². The second kappa shape index (κ2) is 8.46. The maximum Gasteiger partial charge on any atom is 0.339 e. The van der Waals surface area contributed by atoms with E-state index in [-0.39, 0.29) is 35.7 Å². The van der Waals surface area contributed by atoms with Crippen LogP contribution in [0.15, 0.2) is 18.2 Å². The summed E-state index contributed by atoms with van der Waals surface area (Å²) in [5.41, 5.74) is 7.21. The Morgan fingerprint density at radius 2 is 2.04 bits per heavy atom. The second-order valence-corrected chi connectivity index (χ2v) is 7.50. The van der Waals surface area contributed by atoms with Crippen LogP contribution in [0.25, 0.3) is 10.9 Å². The number of aromatic nitrogens is 1. The first-order chi connectivity index (χ1) is 13.4. The summed E-state index contributed by atoms with van der Waals surface area (Å²) < 4.78 is 5.90. The lowest BCUT2D eigenvalue weighted by Gasteiger charge is -2.23. The van der Waals surface area contributed by atoms with Gasteiger partial charge in [-0.05, 0) is 38.8 Å². The lowest BCUT2D eigenvalue weighted by atomic mass is 9.88. The SMILES string of the molecule is Cc1nc2cccc(OC[C@@H](C)NC(=O)C3CCCCC3)c2c(N)c1C(=O)O. The van der Waals surface area contributed by atoms with Crippen LogP contribution in [0.4, 0.5) is 5.69 Å². The van der Waals surface area contributed by atoms with E-state index < -0.39 is 5.97 Å². The Bertz CT molecular complexity index is 891. The molecule has 1 heterocycles. The van der Waals surface area contributed by atoms with E-state index in [1.807, 2.05) is 6.92 Å². The van der Waals surface area contributed by atoms with Crippen LogP contribution in [-0.2, 0) is 4.79 Å². The highest BCUT2D eigenvalue weighted by molar-refractivity contribution is 6.06. The molecule has 0 unspecified atom stereocenters. The van der Waals surface area contributed by atoms with Gasteiger partial charge >= 0.3 is 5.97 Å². The number of fused-ring (bicyclic) bond motifs is 1. The number of nitrogen functional groups attached to an aromatic ring is 1. The minimum absolute atomic E-state index is 0.0119. The van der Waals surface area contributed by atoms with E-state index in [4.69, 9.17) is 10.5 Å². The fourth-order valence-electron chi connectivity index (χ4n) is 3.81. The highest BCUT2D eigenvalue weighted by Gasteiger charge is 2.23. The summed E-state index contributed by atoms with van der Waals surface area (Å²) in [6.45, 7) is 3.77. The number of pyridine rings is 1. The van der Waals surface area contributed by atoms with Gasteiger partial charge in [-0.2, -0.15) is 0 Å². The Kier molecular flexibility index (Phi) is 6.02.